The number of amides is 2. The molecule has 2 aromatic heterocycles. The van der Waals surface area contributed by atoms with Crippen molar-refractivity contribution < 1.29 is 18.4 Å². The van der Waals surface area contributed by atoms with Gasteiger partial charge in [0.25, 0.3) is 11.8 Å². The number of fused-ring (bicyclic) bond motifs is 4. The van der Waals surface area contributed by atoms with E-state index in [4.69, 9.17) is 0 Å². The van der Waals surface area contributed by atoms with Crippen LogP contribution in [0.4, 0.5) is 8.78 Å². The van der Waals surface area contributed by atoms with Gasteiger partial charge in [0.2, 0.25) is 5.91 Å². The van der Waals surface area contributed by atoms with Crippen molar-refractivity contribution in [1.82, 2.24) is 19.8 Å². The zero-order chi connectivity index (χ0) is 23.2. The van der Waals surface area contributed by atoms with Crippen molar-refractivity contribution in [3.05, 3.63) is 66.1 Å². The fourth-order valence-corrected chi connectivity index (χ4v) is 5.37. The Morgan fingerprint density at radius 1 is 1.18 bits per heavy atom. The molecule has 2 saturated heterocycles. The zero-order valence-electron chi connectivity index (χ0n) is 18.4. The van der Waals surface area contributed by atoms with E-state index in [-0.39, 0.29) is 12.3 Å². The molecule has 8 heteroatoms. The van der Waals surface area contributed by atoms with E-state index < -0.39 is 36.3 Å². The van der Waals surface area contributed by atoms with E-state index in [0.717, 1.165) is 10.9 Å². The van der Waals surface area contributed by atoms with Crippen molar-refractivity contribution in [2.75, 3.05) is 13.6 Å². The third-order valence-corrected chi connectivity index (χ3v) is 7.10. The molecule has 1 aliphatic carbocycles. The quantitative estimate of drug-likeness (QED) is 0.639. The second-order valence-corrected chi connectivity index (χ2v) is 9.07. The molecule has 6 nitrogen and oxygen atoms in total. The minimum Gasteiger partial charge on any atom is -0.361 e. The number of hydrogen-bond donors (Lipinski definition) is 1. The summed E-state index contributed by atoms with van der Waals surface area (Å²) < 4.78 is 29.9. The number of rotatable bonds is 5. The van der Waals surface area contributed by atoms with Crippen LogP contribution >= 0.6 is 0 Å². The Bertz CT molecular complexity index is 1180. The van der Waals surface area contributed by atoms with Crippen molar-refractivity contribution >= 4 is 22.7 Å². The van der Waals surface area contributed by atoms with Gasteiger partial charge in [0, 0.05) is 50.0 Å². The number of benzene rings is 1. The van der Waals surface area contributed by atoms with Gasteiger partial charge in [0.1, 0.15) is 6.04 Å². The Kier molecular flexibility index (Phi) is 5.38. The number of aromatic amines is 1. The van der Waals surface area contributed by atoms with E-state index in [0.29, 0.717) is 30.5 Å². The van der Waals surface area contributed by atoms with Gasteiger partial charge >= 0.3 is 0 Å². The monoisotopic (exact) mass is 452 g/mol. The molecule has 3 fully saturated rings. The Balaban J connectivity index is 1.45. The lowest BCUT2D eigenvalue weighted by atomic mass is 9.71. The van der Waals surface area contributed by atoms with Crippen molar-refractivity contribution in [2.24, 2.45) is 5.92 Å². The smallest absolute Gasteiger partial charge is 0.256 e. The maximum absolute atomic E-state index is 14.9. The Morgan fingerprint density at radius 3 is 2.73 bits per heavy atom. The first kappa shape index (κ1) is 21.6. The highest BCUT2D eigenvalue weighted by Crippen LogP contribution is 2.49. The van der Waals surface area contributed by atoms with Gasteiger partial charge in [-0.15, -0.1) is 0 Å². The number of likely N-dealkylation sites (N-methyl/N-ethyl adjacent to an activating group) is 1. The van der Waals surface area contributed by atoms with E-state index in [1.807, 2.05) is 24.3 Å². The predicted molar refractivity (Wildman–Crippen MR) is 120 cm³/mol. The summed E-state index contributed by atoms with van der Waals surface area (Å²) in [4.78, 5) is 37.2. The van der Waals surface area contributed by atoms with Crippen LogP contribution in [0.5, 0.6) is 0 Å². The van der Waals surface area contributed by atoms with Crippen LogP contribution in [-0.2, 0) is 11.2 Å². The normalized spacial score (nSPS) is 23.6. The highest BCUT2D eigenvalue weighted by Gasteiger charge is 2.60. The Morgan fingerprint density at radius 2 is 1.97 bits per heavy atom. The molecular weight excluding hydrogens is 426 g/mol. The molecule has 4 heterocycles. The molecule has 2 amide bonds. The molecule has 3 aromatic rings. The van der Waals surface area contributed by atoms with Crippen LogP contribution in [0.2, 0.25) is 0 Å². The maximum atomic E-state index is 14.9. The number of carbonyl (C=O) groups excluding carboxylic acids is 2. The molecule has 1 aromatic carbocycles. The number of H-pyrrole nitrogens is 1. The highest BCUT2D eigenvalue weighted by molar-refractivity contribution is 6.07. The van der Waals surface area contributed by atoms with E-state index in [1.54, 1.807) is 37.8 Å². The lowest BCUT2D eigenvalue weighted by Gasteiger charge is -2.54. The van der Waals surface area contributed by atoms with Crippen LogP contribution < -0.4 is 0 Å². The minimum atomic E-state index is -2.97. The number of carbonyl (C=O) groups is 2. The third-order valence-electron chi connectivity index (χ3n) is 7.10. The molecule has 1 unspecified atom stereocenters. The maximum Gasteiger partial charge on any atom is 0.256 e. The Labute approximate surface area is 190 Å². The molecule has 3 aliphatic rings. The molecular formula is C25H26F2N4O2. The van der Waals surface area contributed by atoms with Crippen molar-refractivity contribution in [3.8, 4) is 0 Å². The molecule has 172 valence electrons. The fraction of sp³-hybridized carbons (Fsp3) is 0.400. The van der Waals surface area contributed by atoms with Gasteiger partial charge in [-0.2, -0.15) is 0 Å². The summed E-state index contributed by atoms with van der Waals surface area (Å²) in [6, 6.07) is 9.10. The van der Waals surface area contributed by atoms with Gasteiger partial charge in [0.15, 0.2) is 0 Å². The fourth-order valence-electron chi connectivity index (χ4n) is 5.37. The summed E-state index contributed by atoms with van der Waals surface area (Å²) in [5, 5.41) is 0.866. The van der Waals surface area contributed by atoms with Gasteiger partial charge in [-0.25, -0.2) is 8.78 Å². The number of pyridine rings is 1. The first-order valence-corrected chi connectivity index (χ1v) is 11.3. The van der Waals surface area contributed by atoms with Crippen molar-refractivity contribution in [2.45, 2.75) is 43.7 Å². The van der Waals surface area contributed by atoms with Gasteiger partial charge in [-0.05, 0) is 49.1 Å². The summed E-state index contributed by atoms with van der Waals surface area (Å²) in [5.74, 6) is -4.94. The van der Waals surface area contributed by atoms with Crippen LogP contribution in [0.1, 0.15) is 35.2 Å². The predicted octanol–water partition coefficient (Wildman–Crippen LogP) is 3.89. The van der Waals surface area contributed by atoms with E-state index in [9.17, 15) is 18.4 Å². The van der Waals surface area contributed by atoms with Crippen LogP contribution in [0.3, 0.4) is 0 Å². The number of halogens is 2. The van der Waals surface area contributed by atoms with E-state index >= 15 is 0 Å². The second kappa shape index (κ2) is 8.24. The molecule has 33 heavy (non-hydrogen) atoms. The van der Waals surface area contributed by atoms with Crippen LogP contribution in [0, 0.1) is 5.92 Å². The Hall–Kier alpha value is -3.29. The number of nitrogens with one attached hydrogen (secondary N) is 1. The number of para-hydroxylation sites is 1. The first-order valence-electron chi connectivity index (χ1n) is 11.3. The number of aromatic nitrogens is 2. The average Bonchev–Trinajstić information content (AvgIpc) is 3.30. The summed E-state index contributed by atoms with van der Waals surface area (Å²) in [5.41, 5.74) is 2.07. The summed E-state index contributed by atoms with van der Waals surface area (Å²) in [7, 11) is 1.62. The molecule has 1 saturated carbocycles. The third kappa shape index (κ3) is 3.77. The number of hydrogen-bond acceptors (Lipinski definition) is 3. The van der Waals surface area contributed by atoms with Crippen molar-refractivity contribution in [3.63, 3.8) is 0 Å². The molecule has 6 rings (SSSR count). The van der Waals surface area contributed by atoms with Crippen LogP contribution in [-0.4, -0.2) is 63.2 Å². The van der Waals surface area contributed by atoms with Crippen LogP contribution in [0.15, 0.2) is 55.0 Å². The molecule has 3 atom stereocenters. The standard InChI is InChI=1S/C25H26F2N4O2/c1-30(14-10-16-7-11-28-12-8-16)24(33)22-20-6-5-18(15-25(20,26)27)31(22)23(32)19-4-2-3-17-9-13-29-21(17)19/h2-4,7-9,11-13,18,20,22,29H,5-6,10,14-15H2,1H3/t18-,20+,22?/m1/s1. The lowest BCUT2D eigenvalue weighted by molar-refractivity contribution is -0.183. The van der Waals surface area contributed by atoms with Crippen molar-refractivity contribution in [1.29, 1.82) is 0 Å². The van der Waals surface area contributed by atoms with Gasteiger partial charge in [0.05, 0.1) is 17.0 Å². The van der Waals surface area contributed by atoms with Crippen LogP contribution in [0.25, 0.3) is 10.9 Å². The topological polar surface area (TPSA) is 69.3 Å². The summed E-state index contributed by atoms with van der Waals surface area (Å²) in [6.07, 6.45) is 6.01. The minimum absolute atomic E-state index is 0.239. The summed E-state index contributed by atoms with van der Waals surface area (Å²) >= 11 is 0. The lowest BCUT2D eigenvalue weighted by Crippen LogP contribution is -2.68. The van der Waals surface area contributed by atoms with E-state index in [2.05, 4.69) is 9.97 Å². The van der Waals surface area contributed by atoms with E-state index in [1.165, 1.54) is 9.80 Å². The van der Waals surface area contributed by atoms with Gasteiger partial charge < -0.3 is 14.8 Å². The molecule has 1 N–H and O–H groups in total. The molecule has 2 aliphatic heterocycles. The SMILES string of the molecule is CN(CCc1ccncc1)C(=O)C1[C@@H]2CC[C@H](CC2(F)F)N1C(=O)c1cccc2cc[nH]c12. The first-order chi connectivity index (χ1) is 15.9. The second-order valence-electron chi connectivity index (χ2n) is 9.07. The number of piperidine rings is 2. The number of alkyl halides is 2. The average molecular weight is 453 g/mol. The summed E-state index contributed by atoms with van der Waals surface area (Å²) in [6.45, 7) is 0.372. The molecule has 0 spiro atoms. The number of nitrogens with zero attached hydrogens (tertiary/aromatic N) is 3. The van der Waals surface area contributed by atoms with Gasteiger partial charge in [-0.1, -0.05) is 12.1 Å². The molecule has 0 radical (unpaired) electrons. The largest absolute Gasteiger partial charge is 0.361 e. The zero-order valence-corrected chi connectivity index (χ0v) is 18.4. The highest BCUT2D eigenvalue weighted by atomic mass is 19.3. The van der Waals surface area contributed by atoms with Gasteiger partial charge in [-0.3, -0.25) is 14.6 Å². The molecule has 2 bridgehead atoms.